The molecule has 0 aliphatic carbocycles. The summed E-state index contributed by atoms with van der Waals surface area (Å²) in [5.41, 5.74) is 2.61. The first kappa shape index (κ1) is 16.8. The van der Waals surface area contributed by atoms with Crippen LogP contribution in [0.3, 0.4) is 0 Å². The number of nitrogens with one attached hydrogen (secondary N) is 1. The van der Waals surface area contributed by atoms with E-state index in [0.29, 0.717) is 26.1 Å². The van der Waals surface area contributed by atoms with Crippen molar-refractivity contribution in [2.75, 3.05) is 25.2 Å². The van der Waals surface area contributed by atoms with Crippen molar-refractivity contribution in [3.63, 3.8) is 0 Å². The molecule has 0 aromatic carbocycles. The summed E-state index contributed by atoms with van der Waals surface area (Å²) in [5.74, 6) is 5.57. The fourth-order valence-corrected chi connectivity index (χ4v) is 2.16. The SMILES string of the molecule is CCOC(OCC)C(CCCS(C)(=O)=O)NN. The Bertz CT molecular complexity index is 276. The van der Waals surface area contributed by atoms with E-state index in [1.165, 1.54) is 6.26 Å². The Morgan fingerprint density at radius 3 is 2.12 bits per heavy atom. The Labute approximate surface area is 104 Å². The molecule has 0 amide bonds. The smallest absolute Gasteiger partial charge is 0.173 e. The molecule has 0 radical (unpaired) electrons. The van der Waals surface area contributed by atoms with E-state index < -0.39 is 16.1 Å². The predicted molar refractivity (Wildman–Crippen MR) is 67.1 cm³/mol. The molecule has 0 saturated heterocycles. The van der Waals surface area contributed by atoms with Gasteiger partial charge in [-0.15, -0.1) is 0 Å². The van der Waals surface area contributed by atoms with Crippen LogP contribution in [0.15, 0.2) is 0 Å². The van der Waals surface area contributed by atoms with Crippen LogP contribution < -0.4 is 11.3 Å². The Balaban J connectivity index is 4.17. The highest BCUT2D eigenvalue weighted by Gasteiger charge is 2.21. The fraction of sp³-hybridized carbons (Fsp3) is 1.00. The largest absolute Gasteiger partial charge is 0.351 e. The van der Waals surface area contributed by atoms with Gasteiger partial charge < -0.3 is 9.47 Å². The molecule has 0 heterocycles. The van der Waals surface area contributed by atoms with E-state index in [1.54, 1.807) is 0 Å². The lowest BCUT2D eigenvalue weighted by molar-refractivity contribution is -0.155. The minimum atomic E-state index is -2.93. The lowest BCUT2D eigenvalue weighted by Gasteiger charge is -2.25. The number of hydrazine groups is 1. The summed E-state index contributed by atoms with van der Waals surface area (Å²) >= 11 is 0. The number of nitrogens with two attached hydrogens (primary N) is 1. The van der Waals surface area contributed by atoms with E-state index in [1.807, 2.05) is 13.8 Å². The van der Waals surface area contributed by atoms with E-state index >= 15 is 0 Å². The molecular formula is C10H24N2O4S. The van der Waals surface area contributed by atoms with Gasteiger partial charge in [0.15, 0.2) is 6.29 Å². The maximum Gasteiger partial charge on any atom is 0.173 e. The molecule has 17 heavy (non-hydrogen) atoms. The predicted octanol–water partition coefficient (Wildman–Crippen LogP) is 0.0422. The third-order valence-corrected chi connectivity index (χ3v) is 3.26. The molecule has 3 N–H and O–H groups in total. The molecular weight excluding hydrogens is 244 g/mol. The quantitative estimate of drug-likeness (QED) is 0.330. The van der Waals surface area contributed by atoms with Gasteiger partial charge in [-0.05, 0) is 26.7 Å². The van der Waals surface area contributed by atoms with Gasteiger partial charge in [-0.1, -0.05) is 0 Å². The summed E-state index contributed by atoms with van der Waals surface area (Å²) < 4.78 is 32.8. The molecule has 0 rings (SSSR count). The molecule has 0 spiro atoms. The number of rotatable bonds is 10. The fourth-order valence-electron chi connectivity index (χ4n) is 1.47. The first-order chi connectivity index (χ1) is 7.94. The Morgan fingerprint density at radius 2 is 1.76 bits per heavy atom. The van der Waals surface area contributed by atoms with Crippen LogP contribution in [0.4, 0.5) is 0 Å². The molecule has 104 valence electrons. The summed E-state index contributed by atoms with van der Waals surface area (Å²) in [4.78, 5) is 0. The second-order valence-electron chi connectivity index (χ2n) is 3.82. The molecule has 0 bridgehead atoms. The summed E-state index contributed by atoms with van der Waals surface area (Å²) in [6.45, 7) is 4.79. The molecule has 1 unspecified atom stereocenters. The van der Waals surface area contributed by atoms with Crippen molar-refractivity contribution in [1.82, 2.24) is 5.43 Å². The van der Waals surface area contributed by atoms with Crippen LogP contribution in [0.1, 0.15) is 26.7 Å². The van der Waals surface area contributed by atoms with Gasteiger partial charge in [-0.3, -0.25) is 11.3 Å². The molecule has 0 aliphatic heterocycles. The second-order valence-corrected chi connectivity index (χ2v) is 6.08. The van der Waals surface area contributed by atoms with Gasteiger partial charge in [0, 0.05) is 25.2 Å². The maximum atomic E-state index is 11.0. The highest BCUT2D eigenvalue weighted by atomic mass is 32.2. The molecule has 0 saturated carbocycles. The van der Waals surface area contributed by atoms with Gasteiger partial charge in [-0.25, -0.2) is 8.42 Å². The van der Waals surface area contributed by atoms with Gasteiger partial charge in [0.25, 0.3) is 0 Å². The van der Waals surface area contributed by atoms with Crippen LogP contribution in [-0.4, -0.2) is 46.0 Å². The zero-order valence-electron chi connectivity index (χ0n) is 10.8. The second kappa shape index (κ2) is 8.82. The molecule has 0 aliphatic rings. The average Bonchev–Trinajstić information content (AvgIpc) is 2.23. The van der Waals surface area contributed by atoms with Crippen molar-refractivity contribution < 1.29 is 17.9 Å². The van der Waals surface area contributed by atoms with Crippen molar-refractivity contribution in [3.05, 3.63) is 0 Å². The van der Waals surface area contributed by atoms with Crippen LogP contribution >= 0.6 is 0 Å². The van der Waals surface area contributed by atoms with Gasteiger partial charge >= 0.3 is 0 Å². The zero-order valence-corrected chi connectivity index (χ0v) is 11.6. The van der Waals surface area contributed by atoms with Gasteiger partial charge in [0.05, 0.1) is 6.04 Å². The number of ether oxygens (including phenoxy) is 2. The normalized spacial score (nSPS) is 14.2. The zero-order chi connectivity index (χ0) is 13.3. The Hall–Kier alpha value is -0.210. The van der Waals surface area contributed by atoms with Crippen molar-refractivity contribution >= 4 is 9.84 Å². The van der Waals surface area contributed by atoms with Crippen LogP contribution in [0.5, 0.6) is 0 Å². The van der Waals surface area contributed by atoms with E-state index in [4.69, 9.17) is 15.3 Å². The molecule has 7 heteroatoms. The third kappa shape index (κ3) is 8.50. The standard InChI is InChI=1S/C10H24N2O4S/c1-4-15-10(16-5-2)9(12-11)7-6-8-17(3,13)14/h9-10,12H,4-8,11H2,1-3H3. The van der Waals surface area contributed by atoms with E-state index in [9.17, 15) is 8.42 Å². The van der Waals surface area contributed by atoms with Crippen molar-refractivity contribution in [2.45, 2.75) is 39.0 Å². The van der Waals surface area contributed by atoms with Crippen LogP contribution in [0.2, 0.25) is 0 Å². The molecule has 0 fully saturated rings. The first-order valence-electron chi connectivity index (χ1n) is 5.81. The van der Waals surface area contributed by atoms with Gasteiger partial charge in [-0.2, -0.15) is 0 Å². The lowest BCUT2D eigenvalue weighted by atomic mass is 10.1. The lowest BCUT2D eigenvalue weighted by Crippen LogP contribution is -2.46. The highest BCUT2D eigenvalue weighted by molar-refractivity contribution is 7.90. The highest BCUT2D eigenvalue weighted by Crippen LogP contribution is 2.08. The summed E-state index contributed by atoms with van der Waals surface area (Å²) in [5, 5.41) is 0. The first-order valence-corrected chi connectivity index (χ1v) is 7.87. The van der Waals surface area contributed by atoms with Crippen molar-refractivity contribution in [3.8, 4) is 0 Å². The number of hydrogen-bond acceptors (Lipinski definition) is 6. The van der Waals surface area contributed by atoms with Gasteiger partial charge in [0.1, 0.15) is 9.84 Å². The maximum absolute atomic E-state index is 11.0. The minimum absolute atomic E-state index is 0.149. The minimum Gasteiger partial charge on any atom is -0.351 e. The average molecular weight is 268 g/mol. The number of sulfone groups is 1. The Kier molecular flexibility index (Phi) is 8.71. The van der Waals surface area contributed by atoms with E-state index in [-0.39, 0.29) is 11.8 Å². The topological polar surface area (TPSA) is 90.6 Å². The summed E-state index contributed by atoms with van der Waals surface area (Å²) in [6, 6.07) is -0.198. The third-order valence-electron chi connectivity index (χ3n) is 2.23. The summed E-state index contributed by atoms with van der Waals surface area (Å²) in [7, 11) is -2.93. The Morgan fingerprint density at radius 1 is 1.24 bits per heavy atom. The molecule has 0 aromatic heterocycles. The van der Waals surface area contributed by atoms with Crippen LogP contribution in [0.25, 0.3) is 0 Å². The van der Waals surface area contributed by atoms with Crippen molar-refractivity contribution in [2.24, 2.45) is 5.84 Å². The van der Waals surface area contributed by atoms with E-state index in [2.05, 4.69) is 5.43 Å². The van der Waals surface area contributed by atoms with Crippen LogP contribution in [-0.2, 0) is 19.3 Å². The molecule has 6 nitrogen and oxygen atoms in total. The number of hydrogen-bond donors (Lipinski definition) is 2. The van der Waals surface area contributed by atoms with Gasteiger partial charge in [0.2, 0.25) is 0 Å². The van der Waals surface area contributed by atoms with Crippen molar-refractivity contribution in [1.29, 1.82) is 0 Å². The molecule has 0 aromatic rings. The monoisotopic (exact) mass is 268 g/mol. The summed E-state index contributed by atoms with van der Waals surface area (Å²) in [6.07, 6.45) is 1.91. The van der Waals surface area contributed by atoms with E-state index in [0.717, 1.165) is 0 Å². The molecule has 1 atom stereocenters. The van der Waals surface area contributed by atoms with Crippen LogP contribution in [0, 0.1) is 0 Å².